The average Bonchev–Trinajstić information content (AvgIpc) is 2.18. The highest BCUT2D eigenvalue weighted by atomic mass is 32.2. The Kier molecular flexibility index (Phi) is 3.00. The molecule has 0 saturated carbocycles. The van der Waals surface area contributed by atoms with Gasteiger partial charge in [-0.05, 0) is 19.1 Å². The monoisotopic (exact) mass is 214 g/mol. The van der Waals surface area contributed by atoms with Gasteiger partial charge in [-0.3, -0.25) is 10.6 Å². The largest absolute Gasteiger partial charge is 0.295 e. The van der Waals surface area contributed by atoms with Crippen molar-refractivity contribution in [3.05, 3.63) is 29.8 Å². The Morgan fingerprint density at radius 1 is 1.43 bits per heavy atom. The molecule has 5 nitrogen and oxygen atoms in total. The van der Waals surface area contributed by atoms with Gasteiger partial charge in [-0.2, -0.15) is 4.83 Å². The van der Waals surface area contributed by atoms with E-state index in [-0.39, 0.29) is 10.7 Å². The number of nitrogens with two attached hydrogens (primary N) is 1. The van der Waals surface area contributed by atoms with Gasteiger partial charge in [0.15, 0.2) is 5.78 Å². The maximum absolute atomic E-state index is 11.2. The Hall–Kier alpha value is -1.24. The smallest absolute Gasteiger partial charge is 0.253 e. The van der Waals surface area contributed by atoms with Crippen molar-refractivity contribution in [2.24, 2.45) is 5.84 Å². The molecule has 1 rings (SSSR count). The number of rotatable bonds is 3. The third-order valence-corrected chi connectivity index (χ3v) is 2.89. The molecule has 0 amide bonds. The van der Waals surface area contributed by atoms with Crippen LogP contribution < -0.4 is 10.7 Å². The fourth-order valence-electron chi connectivity index (χ4n) is 0.950. The van der Waals surface area contributed by atoms with E-state index in [2.05, 4.69) is 0 Å². The number of hydrogen-bond donors (Lipinski definition) is 2. The van der Waals surface area contributed by atoms with E-state index in [9.17, 15) is 13.2 Å². The van der Waals surface area contributed by atoms with Crippen LogP contribution in [0, 0.1) is 0 Å². The van der Waals surface area contributed by atoms with E-state index in [1.54, 1.807) is 4.83 Å². The number of hydrazine groups is 1. The molecule has 76 valence electrons. The van der Waals surface area contributed by atoms with Crippen LogP contribution in [0.3, 0.4) is 0 Å². The molecule has 0 radical (unpaired) electrons. The van der Waals surface area contributed by atoms with Crippen molar-refractivity contribution < 1.29 is 13.2 Å². The molecule has 0 aromatic heterocycles. The zero-order valence-corrected chi connectivity index (χ0v) is 8.34. The second-order valence-corrected chi connectivity index (χ2v) is 4.42. The van der Waals surface area contributed by atoms with Gasteiger partial charge in [0.25, 0.3) is 10.0 Å². The lowest BCUT2D eigenvalue weighted by Crippen LogP contribution is -2.30. The van der Waals surface area contributed by atoms with Crippen LogP contribution in [0.5, 0.6) is 0 Å². The highest BCUT2D eigenvalue weighted by molar-refractivity contribution is 7.89. The van der Waals surface area contributed by atoms with Crippen LogP contribution in [0.15, 0.2) is 29.2 Å². The quantitative estimate of drug-likeness (QED) is 0.422. The molecular weight excluding hydrogens is 204 g/mol. The first kappa shape index (κ1) is 10.8. The molecule has 0 unspecified atom stereocenters. The van der Waals surface area contributed by atoms with E-state index >= 15 is 0 Å². The van der Waals surface area contributed by atoms with Crippen LogP contribution in [0.25, 0.3) is 0 Å². The van der Waals surface area contributed by atoms with Gasteiger partial charge in [0.2, 0.25) is 0 Å². The molecule has 1 aromatic rings. The molecule has 3 N–H and O–H groups in total. The molecule has 0 aliphatic carbocycles. The fraction of sp³-hybridized carbons (Fsp3) is 0.125. The first-order valence-electron chi connectivity index (χ1n) is 3.81. The molecule has 0 atom stereocenters. The summed E-state index contributed by atoms with van der Waals surface area (Å²) in [6, 6.07) is 5.66. The normalized spacial score (nSPS) is 11.3. The highest BCUT2D eigenvalue weighted by Crippen LogP contribution is 2.10. The van der Waals surface area contributed by atoms with Gasteiger partial charge in [0.1, 0.15) is 0 Å². The van der Waals surface area contributed by atoms with Gasteiger partial charge in [0.05, 0.1) is 4.90 Å². The summed E-state index contributed by atoms with van der Waals surface area (Å²) in [4.78, 5) is 12.6. The zero-order valence-electron chi connectivity index (χ0n) is 7.52. The number of sulfonamides is 1. The first-order valence-corrected chi connectivity index (χ1v) is 5.29. The lowest BCUT2D eigenvalue weighted by atomic mass is 10.2. The Morgan fingerprint density at radius 3 is 2.57 bits per heavy atom. The zero-order chi connectivity index (χ0) is 10.8. The molecular formula is C8H10N2O3S. The van der Waals surface area contributed by atoms with Gasteiger partial charge in [-0.1, -0.05) is 12.1 Å². The predicted molar refractivity (Wildman–Crippen MR) is 51.0 cm³/mol. The van der Waals surface area contributed by atoms with Crippen molar-refractivity contribution in [1.29, 1.82) is 0 Å². The first-order chi connectivity index (χ1) is 6.47. The molecule has 0 bridgehead atoms. The summed E-state index contributed by atoms with van der Waals surface area (Å²) < 4.78 is 22.5. The minimum atomic E-state index is -3.68. The fourth-order valence-corrected chi connectivity index (χ4v) is 1.63. The predicted octanol–water partition coefficient (Wildman–Crippen LogP) is 0.0412. The van der Waals surface area contributed by atoms with E-state index in [0.29, 0.717) is 5.56 Å². The summed E-state index contributed by atoms with van der Waals surface area (Å²) in [5.74, 6) is 4.65. The lowest BCUT2D eigenvalue weighted by molar-refractivity contribution is 0.101. The summed E-state index contributed by atoms with van der Waals surface area (Å²) in [5.41, 5.74) is 0.335. The summed E-state index contributed by atoms with van der Waals surface area (Å²) in [7, 11) is -3.68. The van der Waals surface area contributed by atoms with E-state index < -0.39 is 10.0 Å². The van der Waals surface area contributed by atoms with Crippen LogP contribution in [0.4, 0.5) is 0 Å². The maximum Gasteiger partial charge on any atom is 0.253 e. The standard InChI is InChI=1S/C8H10N2O3S/c1-6(11)7-3-2-4-8(5-7)14(12,13)10-9/h2-5,10H,9H2,1H3. The minimum absolute atomic E-state index is 0.0206. The van der Waals surface area contributed by atoms with Crippen molar-refractivity contribution in [1.82, 2.24) is 4.83 Å². The van der Waals surface area contributed by atoms with Gasteiger partial charge in [-0.25, -0.2) is 8.42 Å². The Bertz CT molecular complexity index is 453. The molecule has 0 aliphatic heterocycles. The molecule has 0 spiro atoms. The van der Waals surface area contributed by atoms with Crippen LogP contribution in [0.2, 0.25) is 0 Å². The molecule has 1 aromatic carbocycles. The third-order valence-electron chi connectivity index (χ3n) is 1.71. The summed E-state index contributed by atoms with van der Waals surface area (Å²) >= 11 is 0. The van der Waals surface area contributed by atoms with E-state index in [4.69, 9.17) is 5.84 Å². The van der Waals surface area contributed by atoms with E-state index in [1.807, 2.05) is 0 Å². The molecule has 14 heavy (non-hydrogen) atoms. The highest BCUT2D eigenvalue weighted by Gasteiger charge is 2.12. The molecule has 0 aliphatic rings. The van der Waals surface area contributed by atoms with Crippen LogP contribution >= 0.6 is 0 Å². The van der Waals surface area contributed by atoms with Crippen LogP contribution in [0.1, 0.15) is 17.3 Å². The van der Waals surface area contributed by atoms with Crippen molar-refractivity contribution in [2.75, 3.05) is 0 Å². The number of ketones is 1. The Morgan fingerprint density at radius 2 is 2.07 bits per heavy atom. The minimum Gasteiger partial charge on any atom is -0.295 e. The van der Waals surface area contributed by atoms with Gasteiger partial charge in [0, 0.05) is 5.56 Å². The van der Waals surface area contributed by atoms with Crippen molar-refractivity contribution in [3.8, 4) is 0 Å². The van der Waals surface area contributed by atoms with Crippen molar-refractivity contribution in [2.45, 2.75) is 11.8 Å². The SMILES string of the molecule is CC(=O)c1cccc(S(=O)(=O)NN)c1. The lowest BCUT2D eigenvalue weighted by Gasteiger charge is -2.02. The Labute approximate surface area is 81.9 Å². The second-order valence-electron chi connectivity index (χ2n) is 2.71. The number of carbonyl (C=O) groups excluding carboxylic acids is 1. The Balaban J connectivity index is 3.26. The second kappa shape index (κ2) is 3.87. The molecule has 0 fully saturated rings. The summed E-state index contributed by atoms with van der Waals surface area (Å²) in [5, 5.41) is 0. The van der Waals surface area contributed by atoms with E-state index in [0.717, 1.165) is 0 Å². The van der Waals surface area contributed by atoms with Crippen molar-refractivity contribution >= 4 is 15.8 Å². The van der Waals surface area contributed by atoms with Crippen molar-refractivity contribution in [3.63, 3.8) is 0 Å². The number of carbonyl (C=O) groups is 1. The van der Waals surface area contributed by atoms with Gasteiger partial charge in [-0.15, -0.1) is 0 Å². The molecule has 0 heterocycles. The topological polar surface area (TPSA) is 89.3 Å². The number of hydrogen-bond acceptors (Lipinski definition) is 4. The van der Waals surface area contributed by atoms with E-state index in [1.165, 1.54) is 31.2 Å². The maximum atomic E-state index is 11.2. The summed E-state index contributed by atoms with van der Waals surface area (Å²) in [6.07, 6.45) is 0. The number of Topliss-reactive ketones (excluding diaryl/α,β-unsaturated/α-hetero) is 1. The van der Waals surface area contributed by atoms with Crippen LogP contribution in [-0.4, -0.2) is 14.2 Å². The molecule has 0 saturated heterocycles. The van der Waals surface area contributed by atoms with Gasteiger partial charge < -0.3 is 0 Å². The third kappa shape index (κ3) is 2.16. The summed E-state index contributed by atoms with van der Waals surface area (Å²) in [6.45, 7) is 1.36. The molecule has 6 heteroatoms. The average molecular weight is 214 g/mol. The van der Waals surface area contributed by atoms with Crippen LogP contribution in [-0.2, 0) is 10.0 Å². The van der Waals surface area contributed by atoms with Gasteiger partial charge >= 0.3 is 0 Å². The number of nitrogens with one attached hydrogen (secondary N) is 1. The number of benzene rings is 1.